The summed E-state index contributed by atoms with van der Waals surface area (Å²) >= 11 is 0. The molecule has 0 aliphatic carbocycles. The Morgan fingerprint density at radius 1 is 1.17 bits per heavy atom. The molecule has 0 fully saturated rings. The number of hydrogen-bond donors (Lipinski definition) is 2. The number of nitrogens with one attached hydrogen (secondary N) is 1. The van der Waals surface area contributed by atoms with E-state index in [2.05, 4.69) is 5.32 Å². The van der Waals surface area contributed by atoms with Crippen molar-refractivity contribution >= 4 is 22.7 Å². The molecule has 0 heterocycles. The van der Waals surface area contributed by atoms with Crippen molar-refractivity contribution in [2.24, 2.45) is 0 Å². The van der Waals surface area contributed by atoms with Gasteiger partial charge in [0, 0.05) is 11.8 Å². The van der Waals surface area contributed by atoms with Crippen molar-refractivity contribution in [3.8, 4) is 0 Å². The third kappa shape index (κ3) is 2.37. The van der Waals surface area contributed by atoms with Gasteiger partial charge in [0.1, 0.15) is 11.5 Å². The SMILES string of the molecule is Nc1ccc(Nc2ccccc2F)c([N+](=O)[O-])c1. The van der Waals surface area contributed by atoms with Crippen LogP contribution < -0.4 is 11.1 Å². The Bertz CT molecular complexity index is 602. The second-order valence-electron chi connectivity index (χ2n) is 3.64. The molecule has 3 N–H and O–H groups in total. The van der Waals surface area contributed by atoms with E-state index in [1.165, 1.54) is 36.4 Å². The number of nitrogens with zero attached hydrogens (tertiary/aromatic N) is 1. The van der Waals surface area contributed by atoms with Crippen LogP contribution in [0.1, 0.15) is 0 Å². The summed E-state index contributed by atoms with van der Waals surface area (Å²) in [5.74, 6) is -0.483. The van der Waals surface area contributed by atoms with Crippen molar-refractivity contribution in [3.63, 3.8) is 0 Å². The van der Waals surface area contributed by atoms with Crippen LogP contribution in [0.5, 0.6) is 0 Å². The van der Waals surface area contributed by atoms with Crippen LogP contribution in [0.15, 0.2) is 42.5 Å². The number of nitro groups is 1. The van der Waals surface area contributed by atoms with Crippen molar-refractivity contribution < 1.29 is 9.31 Å². The highest BCUT2D eigenvalue weighted by Crippen LogP contribution is 2.30. The van der Waals surface area contributed by atoms with Gasteiger partial charge in [-0.2, -0.15) is 0 Å². The number of nitrogen functional groups attached to an aromatic ring is 1. The molecule has 2 rings (SSSR count). The molecule has 0 unspecified atom stereocenters. The van der Waals surface area contributed by atoms with Gasteiger partial charge in [0.05, 0.1) is 10.6 Å². The number of para-hydroxylation sites is 1. The Balaban J connectivity index is 2.41. The molecule has 18 heavy (non-hydrogen) atoms. The highest BCUT2D eigenvalue weighted by Gasteiger charge is 2.15. The molecule has 0 radical (unpaired) electrons. The van der Waals surface area contributed by atoms with Crippen LogP contribution in [0.25, 0.3) is 0 Å². The summed E-state index contributed by atoms with van der Waals surface area (Å²) in [5, 5.41) is 13.5. The van der Waals surface area contributed by atoms with Crippen molar-refractivity contribution in [1.82, 2.24) is 0 Å². The number of benzene rings is 2. The first kappa shape index (κ1) is 11.8. The minimum absolute atomic E-state index is 0.172. The summed E-state index contributed by atoms with van der Waals surface area (Å²) in [6, 6.07) is 10.1. The largest absolute Gasteiger partial charge is 0.399 e. The van der Waals surface area contributed by atoms with Crippen molar-refractivity contribution in [2.75, 3.05) is 11.1 Å². The first-order valence-electron chi connectivity index (χ1n) is 5.13. The lowest BCUT2D eigenvalue weighted by Crippen LogP contribution is -1.99. The van der Waals surface area contributed by atoms with Gasteiger partial charge in [-0.1, -0.05) is 12.1 Å². The van der Waals surface area contributed by atoms with Gasteiger partial charge < -0.3 is 11.1 Å². The number of anilines is 3. The standard InChI is InChI=1S/C12H10FN3O2/c13-9-3-1-2-4-10(9)15-11-6-5-8(14)7-12(11)16(17)18/h1-7,15H,14H2. The minimum atomic E-state index is -0.570. The Morgan fingerprint density at radius 2 is 1.89 bits per heavy atom. The summed E-state index contributed by atoms with van der Waals surface area (Å²) in [5.41, 5.74) is 5.93. The van der Waals surface area contributed by atoms with E-state index < -0.39 is 10.7 Å². The molecule has 6 heteroatoms. The molecular formula is C12H10FN3O2. The molecule has 0 saturated heterocycles. The normalized spacial score (nSPS) is 10.1. The van der Waals surface area contributed by atoms with E-state index in [0.29, 0.717) is 0 Å². The third-order valence-corrected chi connectivity index (χ3v) is 2.36. The highest BCUT2D eigenvalue weighted by molar-refractivity contribution is 5.72. The maximum absolute atomic E-state index is 13.4. The zero-order valence-electron chi connectivity index (χ0n) is 9.26. The second-order valence-corrected chi connectivity index (χ2v) is 3.64. The molecule has 92 valence electrons. The minimum Gasteiger partial charge on any atom is -0.399 e. The quantitative estimate of drug-likeness (QED) is 0.496. The van der Waals surface area contributed by atoms with Crippen LogP contribution >= 0.6 is 0 Å². The van der Waals surface area contributed by atoms with Gasteiger partial charge in [-0.15, -0.1) is 0 Å². The van der Waals surface area contributed by atoms with Crippen LogP contribution in [0, 0.1) is 15.9 Å². The summed E-state index contributed by atoms with van der Waals surface area (Å²) in [4.78, 5) is 10.3. The zero-order chi connectivity index (χ0) is 13.1. The predicted octanol–water partition coefficient (Wildman–Crippen LogP) is 3.06. The Labute approximate surface area is 102 Å². The average Bonchev–Trinajstić information content (AvgIpc) is 2.34. The Hall–Kier alpha value is -2.63. The average molecular weight is 247 g/mol. The van der Waals surface area contributed by atoms with E-state index in [1.807, 2.05) is 0 Å². The molecule has 2 aromatic rings. The first-order chi connectivity index (χ1) is 8.58. The molecule has 0 atom stereocenters. The zero-order valence-corrected chi connectivity index (χ0v) is 9.26. The van der Waals surface area contributed by atoms with E-state index in [0.717, 1.165) is 0 Å². The fraction of sp³-hybridized carbons (Fsp3) is 0. The van der Waals surface area contributed by atoms with Crippen LogP contribution in [-0.4, -0.2) is 4.92 Å². The van der Waals surface area contributed by atoms with Crippen LogP contribution in [0.2, 0.25) is 0 Å². The molecule has 5 nitrogen and oxygen atoms in total. The van der Waals surface area contributed by atoms with Crippen molar-refractivity contribution in [2.45, 2.75) is 0 Å². The molecule has 0 aliphatic rings. The van der Waals surface area contributed by atoms with E-state index in [4.69, 9.17) is 5.73 Å². The summed E-state index contributed by atoms with van der Waals surface area (Å²) < 4.78 is 13.4. The molecule has 0 aliphatic heterocycles. The lowest BCUT2D eigenvalue weighted by atomic mass is 10.2. The van der Waals surface area contributed by atoms with Gasteiger partial charge in [0.15, 0.2) is 0 Å². The number of nitrogens with two attached hydrogens (primary N) is 1. The van der Waals surface area contributed by atoms with E-state index in [-0.39, 0.29) is 22.7 Å². The third-order valence-electron chi connectivity index (χ3n) is 2.36. The van der Waals surface area contributed by atoms with Gasteiger partial charge in [0.25, 0.3) is 5.69 Å². The lowest BCUT2D eigenvalue weighted by molar-refractivity contribution is -0.383. The number of rotatable bonds is 3. The smallest absolute Gasteiger partial charge is 0.294 e. The van der Waals surface area contributed by atoms with Gasteiger partial charge in [-0.05, 0) is 24.3 Å². The maximum atomic E-state index is 13.4. The topological polar surface area (TPSA) is 81.2 Å². The van der Waals surface area contributed by atoms with Crippen molar-refractivity contribution in [1.29, 1.82) is 0 Å². The molecule has 0 amide bonds. The summed E-state index contributed by atoms with van der Waals surface area (Å²) in [6.45, 7) is 0. The van der Waals surface area contributed by atoms with Gasteiger partial charge in [-0.3, -0.25) is 10.1 Å². The van der Waals surface area contributed by atoms with E-state index in [9.17, 15) is 14.5 Å². The van der Waals surface area contributed by atoms with E-state index in [1.54, 1.807) is 6.07 Å². The molecular weight excluding hydrogens is 237 g/mol. The summed E-state index contributed by atoms with van der Waals surface area (Å²) in [7, 11) is 0. The summed E-state index contributed by atoms with van der Waals surface area (Å²) in [6.07, 6.45) is 0. The Morgan fingerprint density at radius 3 is 2.56 bits per heavy atom. The van der Waals surface area contributed by atoms with Crippen LogP contribution in [-0.2, 0) is 0 Å². The molecule has 0 aromatic heterocycles. The fourth-order valence-electron chi connectivity index (χ4n) is 1.51. The van der Waals surface area contributed by atoms with Crippen LogP contribution in [0.4, 0.5) is 27.1 Å². The Kier molecular flexibility index (Phi) is 3.09. The van der Waals surface area contributed by atoms with Gasteiger partial charge in [-0.25, -0.2) is 4.39 Å². The monoisotopic (exact) mass is 247 g/mol. The number of halogens is 1. The molecule has 0 spiro atoms. The predicted molar refractivity (Wildman–Crippen MR) is 67.2 cm³/mol. The highest BCUT2D eigenvalue weighted by atomic mass is 19.1. The molecule has 0 bridgehead atoms. The number of nitro benzene ring substituents is 1. The number of hydrogen-bond acceptors (Lipinski definition) is 4. The van der Waals surface area contributed by atoms with Crippen molar-refractivity contribution in [3.05, 3.63) is 58.4 Å². The van der Waals surface area contributed by atoms with Gasteiger partial charge >= 0.3 is 0 Å². The maximum Gasteiger partial charge on any atom is 0.294 e. The van der Waals surface area contributed by atoms with Crippen LogP contribution in [0.3, 0.4) is 0 Å². The molecule has 2 aromatic carbocycles. The first-order valence-corrected chi connectivity index (χ1v) is 5.13. The fourth-order valence-corrected chi connectivity index (χ4v) is 1.51. The van der Waals surface area contributed by atoms with E-state index >= 15 is 0 Å². The lowest BCUT2D eigenvalue weighted by Gasteiger charge is -2.08. The second kappa shape index (κ2) is 4.70. The van der Waals surface area contributed by atoms with Gasteiger partial charge in [0.2, 0.25) is 0 Å². The molecule has 0 saturated carbocycles.